The standard InChI is InChI=1S/C22H27N5O.ClH/c1-16(2)19(23)14-15-26(3)22(28)20-24-21(17-10-6-4-7-11-17)27(25-20)18-12-8-5-9-13-18;/h4-13,16,19H,14-15,23H2,1-3H3;1H. The van der Waals surface area contributed by atoms with Crippen LogP contribution in [-0.4, -0.2) is 45.2 Å². The second kappa shape index (κ2) is 10.2. The van der Waals surface area contributed by atoms with Gasteiger partial charge in [-0.15, -0.1) is 17.5 Å². The number of para-hydroxylation sites is 1. The number of nitrogens with two attached hydrogens (primary N) is 1. The fourth-order valence-corrected chi connectivity index (χ4v) is 2.87. The molecule has 2 aromatic carbocycles. The highest BCUT2D eigenvalue weighted by Crippen LogP contribution is 2.21. The minimum absolute atomic E-state index is 0. The fraction of sp³-hybridized carbons (Fsp3) is 0.318. The second-order valence-electron chi connectivity index (χ2n) is 7.30. The molecule has 2 N–H and O–H groups in total. The van der Waals surface area contributed by atoms with E-state index in [1.54, 1.807) is 16.6 Å². The van der Waals surface area contributed by atoms with E-state index in [4.69, 9.17) is 5.73 Å². The summed E-state index contributed by atoms with van der Waals surface area (Å²) in [5.74, 6) is 0.997. The molecule has 0 radical (unpaired) electrons. The first kappa shape index (κ1) is 22.6. The van der Waals surface area contributed by atoms with Gasteiger partial charge in [0.2, 0.25) is 5.82 Å². The Labute approximate surface area is 178 Å². The van der Waals surface area contributed by atoms with Crippen molar-refractivity contribution in [3.05, 3.63) is 66.5 Å². The van der Waals surface area contributed by atoms with Gasteiger partial charge in [-0.25, -0.2) is 9.67 Å². The van der Waals surface area contributed by atoms with Gasteiger partial charge in [-0.1, -0.05) is 62.4 Å². The zero-order valence-corrected chi connectivity index (χ0v) is 17.8. The lowest BCUT2D eigenvalue weighted by atomic mass is 10.0. The van der Waals surface area contributed by atoms with Gasteiger partial charge >= 0.3 is 0 Å². The zero-order chi connectivity index (χ0) is 20.1. The molecule has 0 aliphatic rings. The predicted molar refractivity (Wildman–Crippen MR) is 118 cm³/mol. The van der Waals surface area contributed by atoms with Crippen molar-refractivity contribution in [2.75, 3.05) is 13.6 Å². The van der Waals surface area contributed by atoms with E-state index in [9.17, 15) is 4.79 Å². The van der Waals surface area contributed by atoms with Crippen LogP contribution in [0.2, 0.25) is 0 Å². The molecule has 29 heavy (non-hydrogen) atoms. The summed E-state index contributed by atoms with van der Waals surface area (Å²) < 4.78 is 1.72. The maximum atomic E-state index is 12.9. The molecule has 1 heterocycles. The number of hydrogen-bond acceptors (Lipinski definition) is 4. The van der Waals surface area contributed by atoms with Crippen molar-refractivity contribution in [1.82, 2.24) is 19.7 Å². The Morgan fingerprint density at radius 1 is 1.07 bits per heavy atom. The molecule has 3 rings (SSSR count). The summed E-state index contributed by atoms with van der Waals surface area (Å²) >= 11 is 0. The number of halogens is 1. The van der Waals surface area contributed by atoms with Crippen molar-refractivity contribution in [3.63, 3.8) is 0 Å². The molecule has 1 unspecified atom stereocenters. The highest BCUT2D eigenvalue weighted by atomic mass is 35.5. The molecule has 0 aliphatic carbocycles. The van der Waals surface area contributed by atoms with Gasteiger partial charge in [-0.05, 0) is 24.5 Å². The SMILES string of the molecule is CC(C)C(N)CCN(C)C(=O)c1nc(-c2ccccc2)n(-c2ccccc2)n1.Cl. The summed E-state index contributed by atoms with van der Waals surface area (Å²) in [6.07, 6.45) is 0.741. The van der Waals surface area contributed by atoms with Crippen LogP contribution >= 0.6 is 12.4 Å². The maximum absolute atomic E-state index is 12.9. The first-order chi connectivity index (χ1) is 13.5. The van der Waals surface area contributed by atoms with Crippen LogP contribution in [0.25, 0.3) is 17.1 Å². The van der Waals surface area contributed by atoms with Gasteiger partial charge in [-0.3, -0.25) is 4.79 Å². The molecule has 3 aromatic rings. The van der Waals surface area contributed by atoms with Gasteiger partial charge in [0.25, 0.3) is 5.91 Å². The smallest absolute Gasteiger partial charge is 0.293 e. The number of benzene rings is 2. The van der Waals surface area contributed by atoms with Crippen molar-refractivity contribution in [2.45, 2.75) is 26.3 Å². The Balaban J connectivity index is 0.00000300. The maximum Gasteiger partial charge on any atom is 0.293 e. The summed E-state index contributed by atoms with van der Waals surface area (Å²) in [6, 6.07) is 19.5. The fourth-order valence-electron chi connectivity index (χ4n) is 2.87. The quantitative estimate of drug-likeness (QED) is 0.639. The van der Waals surface area contributed by atoms with Crippen molar-refractivity contribution in [1.29, 1.82) is 0 Å². The van der Waals surface area contributed by atoms with Crippen LogP contribution < -0.4 is 5.73 Å². The van der Waals surface area contributed by atoms with Gasteiger partial charge in [0.1, 0.15) is 0 Å². The minimum Gasteiger partial charge on any atom is -0.339 e. The first-order valence-electron chi connectivity index (χ1n) is 9.56. The predicted octanol–water partition coefficient (Wildman–Crippen LogP) is 3.80. The van der Waals surface area contributed by atoms with E-state index in [2.05, 4.69) is 23.9 Å². The van der Waals surface area contributed by atoms with Crippen molar-refractivity contribution in [3.8, 4) is 17.1 Å². The minimum atomic E-state index is -0.206. The van der Waals surface area contributed by atoms with E-state index in [1.807, 2.05) is 60.7 Å². The summed E-state index contributed by atoms with van der Waals surface area (Å²) in [5, 5.41) is 4.52. The van der Waals surface area contributed by atoms with Crippen molar-refractivity contribution >= 4 is 18.3 Å². The van der Waals surface area contributed by atoms with E-state index in [1.165, 1.54) is 0 Å². The Morgan fingerprint density at radius 3 is 2.24 bits per heavy atom. The topological polar surface area (TPSA) is 77.0 Å². The number of carbonyl (C=O) groups is 1. The molecule has 0 spiro atoms. The summed E-state index contributed by atoms with van der Waals surface area (Å²) in [6.45, 7) is 4.74. The van der Waals surface area contributed by atoms with Crippen molar-refractivity contribution in [2.24, 2.45) is 11.7 Å². The zero-order valence-electron chi connectivity index (χ0n) is 17.0. The number of rotatable bonds is 7. The first-order valence-corrected chi connectivity index (χ1v) is 9.56. The lowest BCUT2D eigenvalue weighted by Crippen LogP contribution is -2.35. The van der Waals surface area contributed by atoms with E-state index in [0.717, 1.165) is 17.7 Å². The molecule has 0 aliphatic heterocycles. The Hall–Kier alpha value is -2.70. The number of aromatic nitrogens is 3. The third kappa shape index (κ3) is 5.43. The van der Waals surface area contributed by atoms with E-state index < -0.39 is 0 Å². The summed E-state index contributed by atoms with van der Waals surface area (Å²) in [4.78, 5) is 19.1. The van der Waals surface area contributed by atoms with Crippen LogP contribution in [0.15, 0.2) is 60.7 Å². The number of nitrogens with zero attached hydrogens (tertiary/aromatic N) is 4. The number of amides is 1. The molecule has 154 valence electrons. The second-order valence-corrected chi connectivity index (χ2v) is 7.30. The van der Waals surface area contributed by atoms with Crippen LogP contribution in [0.1, 0.15) is 30.9 Å². The number of hydrogen-bond donors (Lipinski definition) is 1. The lowest BCUT2D eigenvalue weighted by Gasteiger charge is -2.20. The van der Waals surface area contributed by atoms with E-state index >= 15 is 0 Å². The van der Waals surface area contributed by atoms with E-state index in [-0.39, 0.29) is 30.2 Å². The molecule has 0 bridgehead atoms. The summed E-state index contributed by atoms with van der Waals surface area (Å²) in [5.41, 5.74) is 7.87. The molecule has 0 saturated heterocycles. The molecule has 7 heteroatoms. The van der Waals surface area contributed by atoms with Gasteiger partial charge in [-0.2, -0.15) is 0 Å². The van der Waals surface area contributed by atoms with Crippen LogP contribution in [0.5, 0.6) is 0 Å². The molecule has 0 saturated carbocycles. The average Bonchev–Trinajstić information content (AvgIpc) is 3.17. The monoisotopic (exact) mass is 413 g/mol. The Kier molecular flexibility index (Phi) is 7.93. The highest BCUT2D eigenvalue weighted by molar-refractivity contribution is 5.90. The molecule has 1 atom stereocenters. The van der Waals surface area contributed by atoms with Gasteiger partial charge < -0.3 is 10.6 Å². The summed E-state index contributed by atoms with van der Waals surface area (Å²) in [7, 11) is 1.76. The van der Waals surface area contributed by atoms with Crippen LogP contribution in [0.4, 0.5) is 0 Å². The molecule has 0 fully saturated rings. The third-order valence-electron chi connectivity index (χ3n) is 4.83. The van der Waals surface area contributed by atoms with E-state index in [0.29, 0.717) is 18.3 Å². The van der Waals surface area contributed by atoms with Crippen LogP contribution in [0.3, 0.4) is 0 Å². The highest BCUT2D eigenvalue weighted by Gasteiger charge is 2.22. The molecular weight excluding hydrogens is 386 g/mol. The van der Waals surface area contributed by atoms with Gasteiger partial charge in [0, 0.05) is 25.2 Å². The average molecular weight is 414 g/mol. The van der Waals surface area contributed by atoms with Crippen molar-refractivity contribution < 1.29 is 4.79 Å². The molecule has 6 nitrogen and oxygen atoms in total. The van der Waals surface area contributed by atoms with Gasteiger partial charge in [0.15, 0.2) is 5.82 Å². The lowest BCUT2D eigenvalue weighted by molar-refractivity contribution is 0.0777. The number of carbonyl (C=O) groups excluding carboxylic acids is 1. The Morgan fingerprint density at radius 2 is 1.66 bits per heavy atom. The third-order valence-corrected chi connectivity index (χ3v) is 4.83. The Bertz CT molecular complexity index is 854. The van der Waals surface area contributed by atoms with Crippen LogP contribution in [0, 0.1) is 5.92 Å². The van der Waals surface area contributed by atoms with Crippen LogP contribution in [-0.2, 0) is 0 Å². The molecule has 1 amide bonds. The largest absolute Gasteiger partial charge is 0.339 e. The normalized spacial score (nSPS) is 11.8. The molecular formula is C22H28ClN5O. The van der Waals surface area contributed by atoms with Gasteiger partial charge in [0.05, 0.1) is 5.69 Å². The molecule has 1 aromatic heterocycles.